The number of carbonyl (C=O) groups excluding carboxylic acids is 1. The van der Waals surface area contributed by atoms with E-state index in [2.05, 4.69) is 14.7 Å². The van der Waals surface area contributed by atoms with Gasteiger partial charge in [0.2, 0.25) is 11.0 Å². The van der Waals surface area contributed by atoms with E-state index < -0.39 is 6.04 Å². The van der Waals surface area contributed by atoms with E-state index in [0.717, 1.165) is 11.3 Å². The third-order valence-corrected chi connectivity index (χ3v) is 4.19. The quantitative estimate of drug-likeness (QED) is 0.816. The van der Waals surface area contributed by atoms with Crippen LogP contribution in [0.2, 0.25) is 0 Å². The van der Waals surface area contributed by atoms with Gasteiger partial charge in [0.15, 0.2) is 0 Å². The Morgan fingerprint density at radius 2 is 2.19 bits per heavy atom. The number of aromatic nitrogens is 2. The first-order chi connectivity index (χ1) is 10.2. The second kappa shape index (κ2) is 8.11. The molecule has 1 amide bonds. The topological polar surface area (TPSA) is 80.9 Å². The van der Waals surface area contributed by atoms with Crippen LogP contribution in [0.15, 0.2) is 30.3 Å². The number of benzene rings is 1. The fourth-order valence-electron chi connectivity index (χ4n) is 1.73. The highest BCUT2D eigenvalue weighted by Crippen LogP contribution is 2.14. The van der Waals surface area contributed by atoms with Crippen molar-refractivity contribution in [3.63, 3.8) is 0 Å². The number of rotatable bonds is 7. The van der Waals surface area contributed by atoms with E-state index in [9.17, 15) is 4.79 Å². The molecule has 3 N–H and O–H groups in total. The molecule has 1 aromatic heterocycles. The van der Waals surface area contributed by atoms with E-state index in [-0.39, 0.29) is 5.91 Å². The fraction of sp³-hybridized carbons (Fsp3) is 0.357. The number of thioether (sulfide) groups is 1. The first-order valence-electron chi connectivity index (χ1n) is 6.61. The van der Waals surface area contributed by atoms with E-state index in [0.29, 0.717) is 23.8 Å². The summed E-state index contributed by atoms with van der Waals surface area (Å²) in [6.45, 7) is 0. The molecule has 0 radical (unpaired) electrons. The van der Waals surface area contributed by atoms with Crippen molar-refractivity contribution in [3.8, 4) is 0 Å². The Hall–Kier alpha value is -1.44. The minimum absolute atomic E-state index is 0.202. The average Bonchev–Trinajstić information content (AvgIpc) is 2.92. The van der Waals surface area contributed by atoms with Crippen LogP contribution in [0.1, 0.15) is 17.8 Å². The maximum absolute atomic E-state index is 11.9. The van der Waals surface area contributed by atoms with Crippen LogP contribution in [0.5, 0.6) is 0 Å². The lowest BCUT2D eigenvalue weighted by Crippen LogP contribution is -2.36. The summed E-state index contributed by atoms with van der Waals surface area (Å²) in [5.41, 5.74) is 6.96. The van der Waals surface area contributed by atoms with Crippen LogP contribution in [-0.2, 0) is 11.2 Å². The summed E-state index contributed by atoms with van der Waals surface area (Å²) in [4.78, 5) is 16.2. The molecule has 0 unspecified atom stereocenters. The molecule has 1 heterocycles. The molecule has 1 atom stereocenters. The van der Waals surface area contributed by atoms with Crippen LogP contribution < -0.4 is 11.1 Å². The number of carbonyl (C=O) groups is 1. The maximum Gasteiger partial charge on any atom is 0.243 e. The number of anilines is 1. The second-order valence-electron chi connectivity index (χ2n) is 4.56. The Morgan fingerprint density at radius 1 is 1.43 bits per heavy atom. The summed E-state index contributed by atoms with van der Waals surface area (Å²) in [5.74, 6) is 1.37. The van der Waals surface area contributed by atoms with Crippen LogP contribution in [0, 0.1) is 0 Å². The molecule has 0 fully saturated rings. The predicted molar refractivity (Wildman–Crippen MR) is 88.8 cm³/mol. The van der Waals surface area contributed by atoms with Crippen molar-refractivity contribution in [2.75, 3.05) is 17.3 Å². The van der Waals surface area contributed by atoms with Crippen molar-refractivity contribution >= 4 is 34.3 Å². The predicted octanol–water partition coefficient (Wildman–Crippen LogP) is 2.15. The van der Waals surface area contributed by atoms with Gasteiger partial charge in [0.1, 0.15) is 5.82 Å². The number of hydrogen-bond acceptors (Lipinski definition) is 6. The van der Waals surface area contributed by atoms with Gasteiger partial charge in [-0.15, -0.1) is 0 Å². The summed E-state index contributed by atoms with van der Waals surface area (Å²) < 4.78 is 4.26. The van der Waals surface area contributed by atoms with E-state index in [1.54, 1.807) is 11.8 Å². The van der Waals surface area contributed by atoms with Gasteiger partial charge in [0.05, 0.1) is 6.04 Å². The van der Waals surface area contributed by atoms with Crippen LogP contribution >= 0.6 is 23.3 Å². The zero-order valence-corrected chi connectivity index (χ0v) is 13.4. The zero-order valence-electron chi connectivity index (χ0n) is 11.8. The first kappa shape index (κ1) is 15.9. The Balaban J connectivity index is 1.89. The van der Waals surface area contributed by atoms with Crippen molar-refractivity contribution in [1.29, 1.82) is 0 Å². The van der Waals surface area contributed by atoms with Crippen molar-refractivity contribution < 1.29 is 4.79 Å². The van der Waals surface area contributed by atoms with Crippen LogP contribution in [0.4, 0.5) is 5.13 Å². The Kier molecular flexibility index (Phi) is 6.16. The normalized spacial score (nSPS) is 12.1. The maximum atomic E-state index is 11.9. The molecular weight excluding hydrogens is 304 g/mol. The van der Waals surface area contributed by atoms with Crippen molar-refractivity contribution in [3.05, 3.63) is 41.7 Å². The molecule has 2 aromatic rings. The van der Waals surface area contributed by atoms with Crippen LogP contribution in [-0.4, -0.2) is 33.3 Å². The van der Waals surface area contributed by atoms with Gasteiger partial charge in [0, 0.05) is 18.0 Å². The molecule has 0 aliphatic heterocycles. The van der Waals surface area contributed by atoms with E-state index >= 15 is 0 Å². The summed E-state index contributed by atoms with van der Waals surface area (Å²) >= 11 is 2.86. The van der Waals surface area contributed by atoms with E-state index in [4.69, 9.17) is 5.73 Å². The molecule has 2 rings (SSSR count). The van der Waals surface area contributed by atoms with Gasteiger partial charge in [-0.3, -0.25) is 10.1 Å². The van der Waals surface area contributed by atoms with Gasteiger partial charge < -0.3 is 5.73 Å². The number of amides is 1. The minimum atomic E-state index is -0.501. The molecule has 0 saturated carbocycles. The number of nitrogens with zero attached hydrogens (tertiary/aromatic N) is 2. The summed E-state index contributed by atoms with van der Waals surface area (Å²) in [7, 11) is 0. The fourth-order valence-corrected chi connectivity index (χ4v) is 2.81. The highest BCUT2D eigenvalue weighted by Gasteiger charge is 2.15. The second-order valence-corrected chi connectivity index (χ2v) is 6.29. The molecule has 0 aliphatic carbocycles. The number of nitrogens with one attached hydrogen (secondary N) is 1. The van der Waals surface area contributed by atoms with E-state index in [1.165, 1.54) is 11.5 Å². The molecule has 112 valence electrons. The highest BCUT2D eigenvalue weighted by molar-refractivity contribution is 7.98. The van der Waals surface area contributed by atoms with Crippen LogP contribution in [0.3, 0.4) is 0 Å². The Bertz CT molecular complexity index is 573. The lowest BCUT2D eigenvalue weighted by molar-refractivity contribution is -0.117. The summed E-state index contributed by atoms with van der Waals surface area (Å²) in [5, 5.41) is 3.23. The first-order valence-corrected chi connectivity index (χ1v) is 8.77. The molecule has 1 aromatic carbocycles. The lowest BCUT2D eigenvalue weighted by atomic mass is 10.1. The number of hydrogen-bond donors (Lipinski definition) is 2. The molecule has 21 heavy (non-hydrogen) atoms. The standard InChI is InChI=1S/C14H18N4OS2/c1-20-8-7-11(15)13(19)17-14-16-12(18-21-14)9-10-5-3-2-4-6-10/h2-6,11H,7-9,15H2,1H3,(H,16,17,18,19)/t11-/m0/s1. The molecule has 0 saturated heterocycles. The minimum Gasteiger partial charge on any atom is -0.320 e. The third kappa shape index (κ3) is 5.11. The third-order valence-electron chi connectivity index (χ3n) is 2.87. The molecule has 0 spiro atoms. The van der Waals surface area contributed by atoms with Crippen molar-refractivity contribution in [2.45, 2.75) is 18.9 Å². The lowest BCUT2D eigenvalue weighted by Gasteiger charge is -2.08. The molecule has 7 heteroatoms. The molecule has 0 aliphatic rings. The largest absolute Gasteiger partial charge is 0.320 e. The van der Waals surface area contributed by atoms with Gasteiger partial charge in [0.25, 0.3) is 0 Å². The highest BCUT2D eigenvalue weighted by atomic mass is 32.2. The number of nitrogens with two attached hydrogens (primary N) is 1. The van der Waals surface area contributed by atoms with Gasteiger partial charge in [-0.1, -0.05) is 30.3 Å². The Morgan fingerprint density at radius 3 is 2.90 bits per heavy atom. The van der Waals surface area contributed by atoms with E-state index in [1.807, 2.05) is 36.6 Å². The van der Waals surface area contributed by atoms with Crippen LogP contribution in [0.25, 0.3) is 0 Å². The van der Waals surface area contributed by atoms with Crippen molar-refractivity contribution in [1.82, 2.24) is 9.36 Å². The molecular formula is C14H18N4OS2. The summed E-state index contributed by atoms with van der Waals surface area (Å²) in [6, 6.07) is 9.48. The van der Waals surface area contributed by atoms with Gasteiger partial charge in [-0.25, -0.2) is 4.98 Å². The average molecular weight is 322 g/mol. The Labute approximate surface area is 132 Å². The van der Waals surface area contributed by atoms with Gasteiger partial charge in [-0.05, 0) is 24.0 Å². The van der Waals surface area contributed by atoms with Gasteiger partial charge >= 0.3 is 0 Å². The monoisotopic (exact) mass is 322 g/mol. The molecule has 5 nitrogen and oxygen atoms in total. The SMILES string of the molecule is CSCC[C@H](N)C(=O)Nc1nc(Cc2ccccc2)ns1. The summed E-state index contributed by atoms with van der Waals surface area (Å²) in [6.07, 6.45) is 3.31. The van der Waals surface area contributed by atoms with Crippen molar-refractivity contribution in [2.24, 2.45) is 5.73 Å². The molecule has 0 bridgehead atoms. The smallest absolute Gasteiger partial charge is 0.243 e. The zero-order chi connectivity index (χ0) is 15.1. The van der Waals surface area contributed by atoms with Gasteiger partial charge in [-0.2, -0.15) is 16.1 Å².